The third-order valence-electron chi connectivity index (χ3n) is 6.27. The Kier molecular flexibility index (Phi) is 9.27. The summed E-state index contributed by atoms with van der Waals surface area (Å²) in [4.78, 5) is 27.4. The molecule has 0 aromatic heterocycles. The summed E-state index contributed by atoms with van der Waals surface area (Å²) in [6, 6.07) is 11.4. The lowest BCUT2D eigenvalue weighted by atomic mass is 9.86. The molecule has 4 atom stereocenters. The van der Waals surface area contributed by atoms with Crippen LogP contribution in [0.1, 0.15) is 72.8 Å². The van der Waals surface area contributed by atoms with Crippen molar-refractivity contribution in [2.45, 2.75) is 97.5 Å². The van der Waals surface area contributed by atoms with Gasteiger partial charge in [0.15, 0.2) is 0 Å². The van der Waals surface area contributed by atoms with Gasteiger partial charge in [-0.3, -0.25) is 14.5 Å². The van der Waals surface area contributed by atoms with Crippen LogP contribution in [0.4, 0.5) is 0 Å². The fourth-order valence-electron chi connectivity index (χ4n) is 4.73. The van der Waals surface area contributed by atoms with Crippen molar-refractivity contribution >= 4 is 11.9 Å². The van der Waals surface area contributed by atoms with E-state index in [0.717, 1.165) is 24.8 Å². The molecule has 0 unspecified atom stereocenters. The average molecular weight is 442 g/mol. The maximum absolute atomic E-state index is 13.2. The molecule has 0 saturated carbocycles. The van der Waals surface area contributed by atoms with E-state index in [1.165, 1.54) is 6.92 Å². The second-order valence-corrected chi connectivity index (χ2v) is 9.89. The third kappa shape index (κ3) is 7.06. The second kappa shape index (κ2) is 11.5. The minimum atomic E-state index is -0.609. The molecular weight excluding hydrogens is 402 g/mol. The Hall–Kier alpha value is -2.39. The lowest BCUT2D eigenvalue weighted by Crippen LogP contribution is -2.54. The molecule has 176 valence electrons. The predicted octanol–water partition coefficient (Wildman–Crippen LogP) is 4.44. The minimum Gasteiger partial charge on any atom is -0.459 e. The van der Waals surface area contributed by atoms with Gasteiger partial charge in [0.1, 0.15) is 11.6 Å². The first-order valence-corrected chi connectivity index (χ1v) is 11.8. The maximum atomic E-state index is 13.2. The normalized spacial score (nSPS) is 22.4. The van der Waals surface area contributed by atoms with Crippen LogP contribution in [0, 0.1) is 23.2 Å². The van der Waals surface area contributed by atoms with Crippen molar-refractivity contribution in [3.8, 4) is 6.07 Å². The van der Waals surface area contributed by atoms with E-state index < -0.39 is 11.6 Å². The molecule has 1 heterocycles. The number of carbonyl (C=O) groups is 2. The van der Waals surface area contributed by atoms with E-state index in [-0.39, 0.29) is 29.9 Å². The molecular formula is C26H39N3O3. The predicted molar refractivity (Wildman–Crippen MR) is 125 cm³/mol. The molecule has 0 aliphatic carbocycles. The summed E-state index contributed by atoms with van der Waals surface area (Å²) in [6.07, 6.45) is 3.19. The van der Waals surface area contributed by atoms with Crippen LogP contribution in [0.3, 0.4) is 0 Å². The van der Waals surface area contributed by atoms with Crippen LogP contribution in [0.2, 0.25) is 0 Å². The van der Waals surface area contributed by atoms with Crippen molar-refractivity contribution in [1.82, 2.24) is 10.2 Å². The zero-order valence-electron chi connectivity index (χ0n) is 20.4. The highest BCUT2D eigenvalue weighted by molar-refractivity contribution is 5.77. The van der Waals surface area contributed by atoms with Crippen LogP contribution in [0.5, 0.6) is 0 Å². The number of nitrogens with zero attached hydrogens (tertiary/aromatic N) is 2. The number of benzene rings is 1. The lowest BCUT2D eigenvalue weighted by Gasteiger charge is -2.37. The lowest BCUT2D eigenvalue weighted by molar-refractivity contribution is -0.161. The zero-order valence-corrected chi connectivity index (χ0v) is 20.4. The van der Waals surface area contributed by atoms with Crippen LogP contribution in [0.15, 0.2) is 30.3 Å². The van der Waals surface area contributed by atoms with Crippen LogP contribution in [-0.4, -0.2) is 40.5 Å². The molecule has 6 heteroatoms. The quantitative estimate of drug-likeness (QED) is 0.573. The smallest absolute Gasteiger partial charge is 0.323 e. The Bertz CT molecular complexity index is 793. The van der Waals surface area contributed by atoms with Gasteiger partial charge in [-0.05, 0) is 45.1 Å². The highest BCUT2D eigenvalue weighted by Gasteiger charge is 2.49. The Labute approximate surface area is 193 Å². The van der Waals surface area contributed by atoms with Gasteiger partial charge in [-0.25, -0.2) is 0 Å². The fourth-order valence-corrected chi connectivity index (χ4v) is 4.73. The summed E-state index contributed by atoms with van der Waals surface area (Å²) < 4.78 is 5.74. The second-order valence-electron chi connectivity index (χ2n) is 9.89. The van der Waals surface area contributed by atoms with E-state index in [2.05, 4.69) is 30.1 Å². The van der Waals surface area contributed by atoms with Crippen molar-refractivity contribution in [2.24, 2.45) is 11.8 Å². The molecule has 1 fully saturated rings. The fraction of sp³-hybridized carbons (Fsp3) is 0.654. The van der Waals surface area contributed by atoms with Crippen LogP contribution in [-0.2, 0) is 20.9 Å². The number of nitrogens with one attached hydrogen (secondary N) is 1. The van der Waals surface area contributed by atoms with E-state index in [9.17, 15) is 14.9 Å². The van der Waals surface area contributed by atoms with E-state index in [1.54, 1.807) is 0 Å². The van der Waals surface area contributed by atoms with Gasteiger partial charge in [-0.1, -0.05) is 57.0 Å². The van der Waals surface area contributed by atoms with E-state index in [0.29, 0.717) is 18.9 Å². The number of ether oxygens (including phenoxy) is 1. The van der Waals surface area contributed by atoms with Crippen molar-refractivity contribution in [2.75, 3.05) is 0 Å². The van der Waals surface area contributed by atoms with Crippen LogP contribution < -0.4 is 5.32 Å². The molecule has 2 rings (SSSR count). The number of carbonyl (C=O) groups excluding carboxylic acids is 2. The van der Waals surface area contributed by atoms with Gasteiger partial charge in [0, 0.05) is 25.6 Å². The molecule has 1 aromatic rings. The summed E-state index contributed by atoms with van der Waals surface area (Å²) in [6.45, 7) is 11.9. The Morgan fingerprint density at radius 1 is 1.22 bits per heavy atom. The molecule has 1 aromatic carbocycles. The van der Waals surface area contributed by atoms with Gasteiger partial charge < -0.3 is 10.1 Å². The maximum Gasteiger partial charge on any atom is 0.323 e. The number of rotatable bonds is 9. The zero-order chi connectivity index (χ0) is 23.9. The van der Waals surface area contributed by atoms with Crippen LogP contribution in [0.25, 0.3) is 0 Å². The highest BCUT2D eigenvalue weighted by atomic mass is 16.6. The molecule has 6 nitrogen and oxygen atoms in total. The third-order valence-corrected chi connectivity index (χ3v) is 6.27. The molecule has 32 heavy (non-hydrogen) atoms. The first-order chi connectivity index (χ1) is 15.1. The van der Waals surface area contributed by atoms with E-state index in [1.807, 2.05) is 51.1 Å². The number of likely N-dealkylation sites (tertiary alicyclic amines) is 1. The standard InChI is InChI=1S/C26H39N3O3/c1-7-19(8-2)14-22(28-18(3)30)24-21(16-27)15-23(25(31)32-26(4,5)6)29(24)17-20-12-10-9-11-13-20/h9-13,19,21-24H,7-8,14-15,17H2,1-6H3,(H,28,30)/t21-,22-,23+,24+/m0/s1. The van der Waals surface area contributed by atoms with Gasteiger partial charge in [0.25, 0.3) is 0 Å². The van der Waals surface area contributed by atoms with Crippen LogP contribution >= 0.6 is 0 Å². The van der Waals surface area contributed by atoms with Gasteiger partial charge in [0.2, 0.25) is 5.91 Å². The Balaban J connectivity index is 2.46. The molecule has 0 radical (unpaired) electrons. The Morgan fingerprint density at radius 3 is 2.34 bits per heavy atom. The first kappa shape index (κ1) is 25.9. The highest BCUT2D eigenvalue weighted by Crippen LogP contribution is 2.36. The number of esters is 1. The molecule has 0 spiro atoms. The number of nitriles is 1. The number of hydrogen-bond acceptors (Lipinski definition) is 5. The van der Waals surface area contributed by atoms with Crippen molar-refractivity contribution in [1.29, 1.82) is 5.26 Å². The van der Waals surface area contributed by atoms with E-state index >= 15 is 0 Å². The van der Waals surface area contributed by atoms with Gasteiger partial charge in [-0.15, -0.1) is 0 Å². The van der Waals surface area contributed by atoms with Gasteiger partial charge in [-0.2, -0.15) is 5.26 Å². The molecule has 1 saturated heterocycles. The molecule has 1 N–H and O–H groups in total. The van der Waals surface area contributed by atoms with Crippen molar-refractivity contribution < 1.29 is 14.3 Å². The van der Waals surface area contributed by atoms with Crippen molar-refractivity contribution in [3.63, 3.8) is 0 Å². The number of amides is 1. The Morgan fingerprint density at radius 2 is 1.84 bits per heavy atom. The molecule has 0 bridgehead atoms. The molecule has 1 aliphatic heterocycles. The van der Waals surface area contributed by atoms with Gasteiger partial charge in [0.05, 0.1) is 12.0 Å². The first-order valence-electron chi connectivity index (χ1n) is 11.8. The SMILES string of the molecule is CCC(CC)C[C@H](NC(C)=O)[C@H]1[C@H](C#N)C[C@H](C(=O)OC(C)(C)C)N1Cc1ccccc1. The average Bonchev–Trinajstić information content (AvgIpc) is 3.08. The molecule has 1 amide bonds. The summed E-state index contributed by atoms with van der Waals surface area (Å²) in [7, 11) is 0. The van der Waals surface area contributed by atoms with E-state index in [4.69, 9.17) is 4.74 Å². The summed E-state index contributed by atoms with van der Waals surface area (Å²) in [5.74, 6) is -0.355. The largest absolute Gasteiger partial charge is 0.459 e. The van der Waals surface area contributed by atoms with Gasteiger partial charge >= 0.3 is 5.97 Å². The summed E-state index contributed by atoms with van der Waals surface area (Å²) in [5.41, 5.74) is 0.455. The topological polar surface area (TPSA) is 82.4 Å². The molecule has 1 aliphatic rings. The summed E-state index contributed by atoms with van der Waals surface area (Å²) in [5, 5.41) is 13.2. The number of hydrogen-bond donors (Lipinski definition) is 1. The van der Waals surface area contributed by atoms with Crippen molar-refractivity contribution in [3.05, 3.63) is 35.9 Å². The minimum absolute atomic E-state index is 0.113. The summed E-state index contributed by atoms with van der Waals surface area (Å²) >= 11 is 0. The monoisotopic (exact) mass is 441 g/mol.